The van der Waals surface area contributed by atoms with Gasteiger partial charge in [-0.1, -0.05) is 89.4 Å². The summed E-state index contributed by atoms with van der Waals surface area (Å²) in [5.41, 5.74) is 2.82. The summed E-state index contributed by atoms with van der Waals surface area (Å²) in [5, 5.41) is 0.221. The minimum Gasteiger partial charge on any atom is -0.544 e. The average molecular weight is 369 g/mol. The van der Waals surface area contributed by atoms with Crippen LogP contribution in [-0.4, -0.2) is 8.32 Å². The quantitative estimate of drug-likeness (QED) is 0.341. The van der Waals surface area contributed by atoms with Crippen LogP contribution in [0.2, 0.25) is 18.1 Å². The van der Waals surface area contributed by atoms with Crippen molar-refractivity contribution in [1.82, 2.24) is 0 Å². The Bertz CT molecular complexity index is 653. The van der Waals surface area contributed by atoms with Crippen molar-refractivity contribution in [3.05, 3.63) is 65.7 Å². The lowest BCUT2D eigenvalue weighted by Crippen LogP contribution is -2.43. The Balaban J connectivity index is 2.19. The fourth-order valence-corrected chi connectivity index (χ4v) is 4.06. The van der Waals surface area contributed by atoms with Crippen LogP contribution in [0.3, 0.4) is 0 Å². The molecule has 0 aromatic heterocycles. The third-order valence-electron chi connectivity index (χ3n) is 5.76. The molecular formula is C24H36OSi. The van der Waals surface area contributed by atoms with E-state index in [-0.39, 0.29) is 5.04 Å². The molecule has 0 amide bonds. The first-order chi connectivity index (χ1) is 12.2. The van der Waals surface area contributed by atoms with Crippen LogP contribution in [0.25, 0.3) is 0 Å². The van der Waals surface area contributed by atoms with Crippen molar-refractivity contribution in [3.63, 3.8) is 0 Å². The van der Waals surface area contributed by atoms with Crippen molar-refractivity contribution in [2.75, 3.05) is 0 Å². The van der Waals surface area contributed by atoms with Crippen LogP contribution >= 0.6 is 0 Å². The minimum atomic E-state index is -1.78. The molecule has 0 aliphatic rings. The fraction of sp³-hybridized carbons (Fsp3) is 0.500. The molecule has 0 bridgehead atoms. The lowest BCUT2D eigenvalue weighted by Gasteiger charge is -2.36. The second-order valence-electron chi connectivity index (χ2n) is 8.89. The third kappa shape index (κ3) is 5.47. The molecule has 26 heavy (non-hydrogen) atoms. The first-order valence-corrected chi connectivity index (χ1v) is 13.0. The summed E-state index contributed by atoms with van der Waals surface area (Å²) in [4.78, 5) is 0. The molecule has 2 rings (SSSR count). The van der Waals surface area contributed by atoms with Crippen LogP contribution in [0.4, 0.5) is 0 Å². The van der Waals surface area contributed by atoms with Crippen molar-refractivity contribution in [2.45, 2.75) is 77.4 Å². The lowest BCUT2D eigenvalue weighted by atomic mass is 9.87. The van der Waals surface area contributed by atoms with Crippen molar-refractivity contribution in [2.24, 2.45) is 0 Å². The van der Waals surface area contributed by atoms with Gasteiger partial charge in [-0.2, -0.15) is 0 Å². The highest BCUT2D eigenvalue weighted by atomic mass is 28.4. The van der Waals surface area contributed by atoms with E-state index < -0.39 is 8.32 Å². The van der Waals surface area contributed by atoms with Crippen LogP contribution in [0, 0.1) is 0 Å². The molecule has 0 saturated heterocycles. The molecule has 0 radical (unpaired) electrons. The molecule has 1 atom stereocenters. The van der Waals surface area contributed by atoms with Crippen molar-refractivity contribution in [3.8, 4) is 5.75 Å². The van der Waals surface area contributed by atoms with Gasteiger partial charge in [0, 0.05) is 5.92 Å². The summed E-state index contributed by atoms with van der Waals surface area (Å²) < 4.78 is 6.44. The van der Waals surface area contributed by atoms with Gasteiger partial charge >= 0.3 is 0 Å². The summed E-state index contributed by atoms with van der Waals surface area (Å²) in [7, 11) is -1.78. The molecule has 142 valence electrons. The van der Waals surface area contributed by atoms with E-state index in [1.807, 2.05) is 0 Å². The molecular weight excluding hydrogens is 332 g/mol. The Morgan fingerprint density at radius 1 is 0.846 bits per heavy atom. The second kappa shape index (κ2) is 8.90. The molecule has 2 heteroatoms. The first-order valence-electron chi connectivity index (χ1n) is 10.1. The SMILES string of the molecule is CCCCCC(c1ccccc1)c1ccc(O[Si](C)(C)C(C)(C)C)cc1. The molecule has 0 spiro atoms. The van der Waals surface area contributed by atoms with E-state index in [9.17, 15) is 0 Å². The first kappa shape index (κ1) is 20.8. The van der Waals surface area contributed by atoms with Gasteiger partial charge in [0.1, 0.15) is 5.75 Å². The summed E-state index contributed by atoms with van der Waals surface area (Å²) in [6, 6.07) is 19.8. The Morgan fingerprint density at radius 3 is 1.96 bits per heavy atom. The molecule has 0 N–H and O–H groups in total. The van der Waals surface area contributed by atoms with Gasteiger partial charge in [0.2, 0.25) is 8.32 Å². The molecule has 0 aliphatic carbocycles. The molecule has 0 saturated carbocycles. The number of hydrogen-bond donors (Lipinski definition) is 0. The summed E-state index contributed by atoms with van der Waals surface area (Å²) in [6.45, 7) is 13.7. The van der Waals surface area contributed by atoms with Crippen LogP contribution in [-0.2, 0) is 0 Å². The zero-order valence-corrected chi connectivity index (χ0v) is 18.5. The van der Waals surface area contributed by atoms with Gasteiger partial charge in [0.25, 0.3) is 0 Å². The van der Waals surface area contributed by atoms with Gasteiger partial charge in [-0.15, -0.1) is 0 Å². The van der Waals surface area contributed by atoms with Gasteiger partial charge in [-0.05, 0) is 47.8 Å². The Morgan fingerprint density at radius 2 is 1.42 bits per heavy atom. The summed E-state index contributed by atoms with van der Waals surface area (Å²) in [6.07, 6.45) is 5.05. The maximum atomic E-state index is 6.44. The Hall–Kier alpha value is -1.54. The number of hydrogen-bond acceptors (Lipinski definition) is 1. The maximum Gasteiger partial charge on any atom is 0.250 e. The number of unbranched alkanes of at least 4 members (excludes halogenated alkanes) is 2. The van der Waals surface area contributed by atoms with Crippen LogP contribution in [0.1, 0.15) is 70.4 Å². The maximum absolute atomic E-state index is 6.44. The van der Waals surface area contributed by atoms with E-state index in [2.05, 4.69) is 95.4 Å². The van der Waals surface area contributed by atoms with Gasteiger partial charge in [-0.3, -0.25) is 0 Å². The Kier molecular flexibility index (Phi) is 7.11. The highest BCUT2D eigenvalue weighted by Crippen LogP contribution is 2.38. The molecule has 0 heterocycles. The van der Waals surface area contributed by atoms with Crippen LogP contribution < -0.4 is 4.43 Å². The van der Waals surface area contributed by atoms with Gasteiger partial charge in [0.05, 0.1) is 0 Å². The standard InChI is InChI=1S/C24H36OSi/c1-7-8-10-15-23(20-13-11-9-12-14-20)21-16-18-22(19-17-21)25-26(5,6)24(2,3)4/h9,11-14,16-19,23H,7-8,10,15H2,1-6H3. The van der Waals surface area contributed by atoms with Crippen molar-refractivity contribution in [1.29, 1.82) is 0 Å². The number of benzene rings is 2. The van der Waals surface area contributed by atoms with E-state index in [4.69, 9.17) is 4.43 Å². The largest absolute Gasteiger partial charge is 0.544 e. The predicted octanol–water partition coefficient (Wildman–Crippen LogP) is 7.78. The van der Waals surface area contributed by atoms with E-state index in [1.54, 1.807) is 0 Å². The monoisotopic (exact) mass is 368 g/mol. The average Bonchev–Trinajstić information content (AvgIpc) is 2.59. The Labute approximate surface area is 161 Å². The van der Waals surface area contributed by atoms with Gasteiger partial charge in [0.15, 0.2) is 0 Å². The van der Waals surface area contributed by atoms with Crippen molar-refractivity contribution >= 4 is 8.32 Å². The molecule has 1 unspecified atom stereocenters. The van der Waals surface area contributed by atoms with E-state index in [0.29, 0.717) is 5.92 Å². The zero-order chi connectivity index (χ0) is 19.2. The summed E-state index contributed by atoms with van der Waals surface area (Å²) in [5.74, 6) is 1.49. The third-order valence-corrected chi connectivity index (χ3v) is 10.1. The molecule has 0 aliphatic heterocycles. The van der Waals surface area contributed by atoms with E-state index in [1.165, 1.54) is 36.8 Å². The minimum absolute atomic E-state index is 0.221. The highest BCUT2D eigenvalue weighted by Gasteiger charge is 2.38. The van der Waals surface area contributed by atoms with Crippen molar-refractivity contribution < 1.29 is 4.43 Å². The molecule has 0 fully saturated rings. The predicted molar refractivity (Wildman–Crippen MR) is 117 cm³/mol. The second-order valence-corrected chi connectivity index (χ2v) is 13.6. The topological polar surface area (TPSA) is 9.23 Å². The molecule has 2 aromatic carbocycles. The zero-order valence-electron chi connectivity index (χ0n) is 17.5. The fourth-order valence-electron chi connectivity index (χ4n) is 3.03. The van der Waals surface area contributed by atoms with E-state index in [0.717, 1.165) is 5.75 Å². The van der Waals surface area contributed by atoms with Crippen LogP contribution in [0.15, 0.2) is 54.6 Å². The highest BCUT2D eigenvalue weighted by molar-refractivity contribution is 6.74. The lowest BCUT2D eigenvalue weighted by molar-refractivity contribution is 0.492. The molecule has 1 nitrogen and oxygen atoms in total. The number of rotatable bonds is 8. The van der Waals surface area contributed by atoms with Gasteiger partial charge in [-0.25, -0.2) is 0 Å². The van der Waals surface area contributed by atoms with E-state index >= 15 is 0 Å². The molecule has 2 aromatic rings. The smallest absolute Gasteiger partial charge is 0.250 e. The van der Waals surface area contributed by atoms with Gasteiger partial charge < -0.3 is 4.43 Å². The summed E-state index contributed by atoms with van der Waals surface area (Å²) >= 11 is 0. The van der Waals surface area contributed by atoms with Crippen LogP contribution in [0.5, 0.6) is 5.75 Å². The normalized spacial score (nSPS) is 13.5.